The van der Waals surface area contributed by atoms with Gasteiger partial charge in [-0.3, -0.25) is 0 Å². The normalized spacial score (nSPS) is 18.4. The first kappa shape index (κ1) is 17.9. The van der Waals surface area contributed by atoms with E-state index in [-0.39, 0.29) is 5.92 Å². The van der Waals surface area contributed by atoms with Gasteiger partial charge in [0.25, 0.3) is 0 Å². The number of para-hydroxylation sites is 1. The van der Waals surface area contributed by atoms with E-state index >= 15 is 0 Å². The summed E-state index contributed by atoms with van der Waals surface area (Å²) in [6.45, 7) is 0. The fraction of sp³-hybridized carbons (Fsp3) is 0.192. The number of aryl methyl sites for hydroxylation is 1. The van der Waals surface area contributed by atoms with Crippen LogP contribution in [0.2, 0.25) is 0 Å². The van der Waals surface area contributed by atoms with Gasteiger partial charge >= 0.3 is 0 Å². The maximum Gasteiger partial charge on any atom is 0.219 e. The standard InChI is InChI=1S/C26H23NO2/c28-26-21(16-18-6-2-1-3-7-18)11-10-19-12-14-22(17-23(19)26)29-25-15-13-20-8-4-5-9-24(20)27-25/h1-9,12-15,17,21,26,28H,10-11,16H2/t21-,26+/m1/s1. The van der Waals surface area contributed by atoms with E-state index < -0.39 is 6.10 Å². The number of aromatic nitrogens is 1. The molecule has 29 heavy (non-hydrogen) atoms. The van der Waals surface area contributed by atoms with Crippen LogP contribution in [0, 0.1) is 5.92 Å². The van der Waals surface area contributed by atoms with Crippen molar-refractivity contribution >= 4 is 10.9 Å². The fourth-order valence-electron chi connectivity index (χ4n) is 4.25. The molecule has 4 aromatic rings. The molecule has 0 radical (unpaired) electrons. The Hall–Kier alpha value is -3.17. The number of ether oxygens (including phenoxy) is 1. The Labute approximate surface area is 170 Å². The molecule has 1 aliphatic rings. The van der Waals surface area contributed by atoms with Gasteiger partial charge in [0.05, 0.1) is 11.6 Å². The zero-order valence-electron chi connectivity index (χ0n) is 16.2. The summed E-state index contributed by atoms with van der Waals surface area (Å²) in [4.78, 5) is 4.59. The topological polar surface area (TPSA) is 42.4 Å². The molecule has 1 heterocycles. The first-order chi connectivity index (χ1) is 14.3. The minimum atomic E-state index is -0.480. The monoisotopic (exact) mass is 381 g/mol. The van der Waals surface area contributed by atoms with Gasteiger partial charge in [-0.2, -0.15) is 0 Å². The number of fused-ring (bicyclic) bond motifs is 2. The summed E-state index contributed by atoms with van der Waals surface area (Å²) in [5, 5.41) is 12.1. The van der Waals surface area contributed by atoms with E-state index in [4.69, 9.17) is 4.74 Å². The van der Waals surface area contributed by atoms with Crippen LogP contribution in [-0.4, -0.2) is 10.1 Å². The zero-order chi connectivity index (χ0) is 19.6. The van der Waals surface area contributed by atoms with Gasteiger partial charge in [0.2, 0.25) is 5.88 Å². The number of hydrogen-bond acceptors (Lipinski definition) is 3. The fourth-order valence-corrected chi connectivity index (χ4v) is 4.25. The Morgan fingerprint density at radius 3 is 2.62 bits per heavy atom. The molecule has 1 aliphatic carbocycles. The Morgan fingerprint density at radius 1 is 0.897 bits per heavy atom. The van der Waals surface area contributed by atoms with Crippen molar-refractivity contribution < 1.29 is 9.84 Å². The van der Waals surface area contributed by atoms with Crippen LogP contribution in [0.3, 0.4) is 0 Å². The van der Waals surface area contributed by atoms with Crippen LogP contribution in [0.15, 0.2) is 84.9 Å². The van der Waals surface area contributed by atoms with Gasteiger partial charge in [-0.05, 0) is 66.1 Å². The highest BCUT2D eigenvalue weighted by molar-refractivity contribution is 5.78. The largest absolute Gasteiger partial charge is 0.439 e. The molecule has 5 rings (SSSR count). The van der Waals surface area contributed by atoms with Crippen LogP contribution in [-0.2, 0) is 12.8 Å². The molecule has 3 aromatic carbocycles. The maximum atomic E-state index is 11.0. The van der Waals surface area contributed by atoms with Gasteiger partial charge in [-0.15, -0.1) is 0 Å². The van der Waals surface area contributed by atoms with Crippen molar-refractivity contribution in [3.8, 4) is 11.6 Å². The lowest BCUT2D eigenvalue weighted by Crippen LogP contribution is -2.22. The van der Waals surface area contributed by atoms with E-state index in [1.54, 1.807) is 0 Å². The molecule has 0 fully saturated rings. The summed E-state index contributed by atoms with van der Waals surface area (Å²) >= 11 is 0. The summed E-state index contributed by atoms with van der Waals surface area (Å²) in [5.74, 6) is 1.50. The van der Waals surface area contributed by atoms with Crippen LogP contribution in [0.5, 0.6) is 11.6 Å². The van der Waals surface area contributed by atoms with Crippen LogP contribution in [0.1, 0.15) is 29.2 Å². The van der Waals surface area contributed by atoms with Gasteiger partial charge in [-0.1, -0.05) is 54.6 Å². The molecule has 0 saturated heterocycles. The average molecular weight is 381 g/mol. The average Bonchev–Trinajstić information content (AvgIpc) is 2.77. The minimum Gasteiger partial charge on any atom is -0.439 e. The molecule has 0 aliphatic heterocycles. The minimum absolute atomic E-state index is 0.221. The first-order valence-corrected chi connectivity index (χ1v) is 10.1. The quantitative estimate of drug-likeness (QED) is 0.481. The third kappa shape index (κ3) is 3.74. The molecule has 0 spiro atoms. The zero-order valence-corrected chi connectivity index (χ0v) is 16.2. The van der Waals surface area contributed by atoms with Crippen molar-refractivity contribution in [2.24, 2.45) is 5.92 Å². The van der Waals surface area contributed by atoms with Crippen molar-refractivity contribution in [3.05, 3.63) is 102 Å². The summed E-state index contributed by atoms with van der Waals surface area (Å²) < 4.78 is 6.03. The van der Waals surface area contributed by atoms with Gasteiger partial charge in [-0.25, -0.2) is 4.98 Å². The highest BCUT2D eigenvalue weighted by Gasteiger charge is 2.28. The number of hydrogen-bond donors (Lipinski definition) is 1. The number of pyridine rings is 1. The second-order valence-corrected chi connectivity index (χ2v) is 7.74. The first-order valence-electron chi connectivity index (χ1n) is 10.1. The molecule has 144 valence electrons. The molecular formula is C26H23NO2. The number of aliphatic hydroxyl groups is 1. The highest BCUT2D eigenvalue weighted by Crippen LogP contribution is 2.38. The molecule has 0 unspecified atom stereocenters. The lowest BCUT2D eigenvalue weighted by atomic mass is 9.78. The molecule has 3 heteroatoms. The molecule has 2 atom stereocenters. The Kier molecular flexibility index (Phi) is 4.74. The predicted molar refractivity (Wildman–Crippen MR) is 115 cm³/mol. The third-order valence-electron chi connectivity index (χ3n) is 5.80. The van der Waals surface area contributed by atoms with Gasteiger partial charge < -0.3 is 9.84 Å². The summed E-state index contributed by atoms with van der Waals surface area (Å²) in [6.07, 6.45) is 2.39. The second-order valence-electron chi connectivity index (χ2n) is 7.74. The highest BCUT2D eigenvalue weighted by atomic mass is 16.5. The van der Waals surface area contributed by atoms with E-state index in [2.05, 4.69) is 35.3 Å². The number of benzene rings is 3. The maximum absolute atomic E-state index is 11.0. The SMILES string of the molecule is O[C@@H]1c2cc(Oc3ccc4ccccc4n3)ccc2CC[C@@H]1Cc1ccccc1. The third-order valence-corrected chi connectivity index (χ3v) is 5.80. The molecule has 1 N–H and O–H groups in total. The van der Waals surface area contributed by atoms with Crippen LogP contribution in [0.25, 0.3) is 10.9 Å². The lowest BCUT2D eigenvalue weighted by molar-refractivity contribution is 0.0934. The van der Waals surface area contributed by atoms with E-state index in [9.17, 15) is 5.11 Å². The molecule has 0 amide bonds. The molecule has 1 aromatic heterocycles. The van der Waals surface area contributed by atoms with Gasteiger partial charge in [0.1, 0.15) is 5.75 Å². The summed E-state index contributed by atoms with van der Waals surface area (Å²) in [5.41, 5.74) is 4.37. The number of rotatable bonds is 4. The van der Waals surface area contributed by atoms with Gasteiger partial charge in [0, 0.05) is 11.5 Å². The van der Waals surface area contributed by atoms with E-state index in [0.29, 0.717) is 11.6 Å². The lowest BCUT2D eigenvalue weighted by Gasteiger charge is -2.30. The van der Waals surface area contributed by atoms with Crippen LogP contribution in [0.4, 0.5) is 0 Å². The molecule has 3 nitrogen and oxygen atoms in total. The number of nitrogens with zero attached hydrogens (tertiary/aromatic N) is 1. The van der Waals surface area contributed by atoms with E-state index in [1.165, 1.54) is 11.1 Å². The van der Waals surface area contributed by atoms with Crippen molar-refractivity contribution in [2.75, 3.05) is 0 Å². The summed E-state index contributed by atoms with van der Waals surface area (Å²) in [6, 6.07) is 28.3. The smallest absolute Gasteiger partial charge is 0.219 e. The Balaban J connectivity index is 1.38. The van der Waals surface area contributed by atoms with Crippen molar-refractivity contribution in [3.63, 3.8) is 0 Å². The molecule has 0 bridgehead atoms. The summed E-state index contributed by atoms with van der Waals surface area (Å²) in [7, 11) is 0. The van der Waals surface area contributed by atoms with Crippen molar-refractivity contribution in [1.29, 1.82) is 0 Å². The number of aliphatic hydroxyl groups excluding tert-OH is 1. The van der Waals surface area contributed by atoms with E-state index in [1.807, 2.05) is 54.6 Å². The molecular weight excluding hydrogens is 358 g/mol. The Bertz CT molecular complexity index is 1140. The second kappa shape index (κ2) is 7.69. The van der Waals surface area contributed by atoms with Crippen molar-refractivity contribution in [2.45, 2.75) is 25.4 Å². The Morgan fingerprint density at radius 2 is 1.72 bits per heavy atom. The van der Waals surface area contributed by atoms with Gasteiger partial charge in [0.15, 0.2) is 0 Å². The van der Waals surface area contributed by atoms with Crippen LogP contribution >= 0.6 is 0 Å². The van der Waals surface area contributed by atoms with Crippen molar-refractivity contribution in [1.82, 2.24) is 4.98 Å². The predicted octanol–water partition coefficient (Wildman–Crippen LogP) is 5.87. The molecule has 0 saturated carbocycles. The van der Waals surface area contributed by atoms with Crippen LogP contribution < -0.4 is 4.74 Å². The van der Waals surface area contributed by atoms with E-state index in [0.717, 1.165) is 35.7 Å².